The predicted molar refractivity (Wildman–Crippen MR) is 109 cm³/mol. The summed E-state index contributed by atoms with van der Waals surface area (Å²) in [6.07, 6.45) is 1.97. The normalized spacial score (nSPS) is 14.0. The summed E-state index contributed by atoms with van der Waals surface area (Å²) in [4.78, 5) is 29.0. The van der Waals surface area contributed by atoms with Gasteiger partial charge in [0.15, 0.2) is 0 Å². The fourth-order valence-electron chi connectivity index (χ4n) is 4.44. The molecule has 1 aliphatic heterocycles. The number of benzene rings is 3. The standard InChI is InChI=1S/C21H12BrN3O2/c1-25-8-7-9-5-6-10-13(19(9)25)16-17(21(27)24-20(16)26)15-14-11(22)3-2-4-12(14)23-18(10)15/h2-8,23H,1H3,(H,24,26,27). The van der Waals surface area contributed by atoms with Crippen LogP contribution in [0.15, 0.2) is 47.1 Å². The fourth-order valence-corrected chi connectivity index (χ4v) is 5.00. The van der Waals surface area contributed by atoms with Crippen molar-refractivity contribution in [3.05, 3.63) is 58.2 Å². The number of hydrogen-bond donors (Lipinski definition) is 2. The van der Waals surface area contributed by atoms with Crippen molar-refractivity contribution in [1.29, 1.82) is 0 Å². The molecule has 6 heteroatoms. The smallest absolute Gasteiger partial charge is 0.259 e. The van der Waals surface area contributed by atoms with Gasteiger partial charge in [-0.15, -0.1) is 0 Å². The number of nitrogens with one attached hydrogen (secondary N) is 2. The number of amides is 2. The Morgan fingerprint density at radius 1 is 0.926 bits per heavy atom. The van der Waals surface area contributed by atoms with Gasteiger partial charge in [0.2, 0.25) is 0 Å². The summed E-state index contributed by atoms with van der Waals surface area (Å²) in [5, 5.41) is 7.00. The molecule has 5 nitrogen and oxygen atoms in total. The lowest BCUT2D eigenvalue weighted by atomic mass is 9.93. The minimum atomic E-state index is -0.343. The molecule has 0 atom stereocenters. The lowest BCUT2D eigenvalue weighted by Gasteiger charge is -2.09. The summed E-state index contributed by atoms with van der Waals surface area (Å²) in [7, 11) is 1.95. The van der Waals surface area contributed by atoms with E-state index >= 15 is 0 Å². The van der Waals surface area contributed by atoms with Gasteiger partial charge in [-0.1, -0.05) is 34.1 Å². The van der Waals surface area contributed by atoms with Crippen LogP contribution in [0.5, 0.6) is 0 Å². The first-order valence-electron chi connectivity index (χ1n) is 8.55. The molecule has 27 heavy (non-hydrogen) atoms. The van der Waals surface area contributed by atoms with Crippen molar-refractivity contribution < 1.29 is 9.59 Å². The first-order chi connectivity index (χ1) is 13.1. The Morgan fingerprint density at radius 3 is 2.52 bits per heavy atom. The van der Waals surface area contributed by atoms with Gasteiger partial charge < -0.3 is 9.55 Å². The number of H-pyrrole nitrogens is 1. The Labute approximate surface area is 161 Å². The molecule has 0 radical (unpaired) electrons. The van der Waals surface area contributed by atoms with E-state index in [2.05, 4.69) is 32.3 Å². The van der Waals surface area contributed by atoms with Crippen LogP contribution in [-0.2, 0) is 7.05 Å². The average molecular weight is 418 g/mol. The van der Waals surface area contributed by atoms with E-state index in [1.807, 2.05) is 48.1 Å². The van der Waals surface area contributed by atoms with Gasteiger partial charge in [-0.25, -0.2) is 0 Å². The number of aromatic amines is 1. The zero-order chi connectivity index (χ0) is 18.4. The Bertz CT molecular complexity index is 1510. The van der Waals surface area contributed by atoms with E-state index in [0.29, 0.717) is 11.1 Å². The van der Waals surface area contributed by atoms with Crippen molar-refractivity contribution in [3.63, 3.8) is 0 Å². The molecule has 2 amide bonds. The maximum absolute atomic E-state index is 12.8. The van der Waals surface area contributed by atoms with Gasteiger partial charge in [-0.05, 0) is 18.2 Å². The summed E-state index contributed by atoms with van der Waals surface area (Å²) in [5.41, 5.74) is 3.67. The second kappa shape index (κ2) is 4.78. The molecule has 0 aliphatic carbocycles. The van der Waals surface area contributed by atoms with Gasteiger partial charge in [-0.2, -0.15) is 0 Å². The summed E-state index contributed by atoms with van der Waals surface area (Å²) < 4.78 is 2.89. The van der Waals surface area contributed by atoms with Crippen molar-refractivity contribution in [3.8, 4) is 0 Å². The second-order valence-corrected chi connectivity index (χ2v) is 7.78. The summed E-state index contributed by atoms with van der Waals surface area (Å²) in [6, 6.07) is 12.0. The maximum Gasteiger partial charge on any atom is 0.259 e. The molecular weight excluding hydrogens is 406 g/mol. The number of carbonyl (C=O) groups excluding carboxylic acids is 2. The van der Waals surface area contributed by atoms with E-state index in [0.717, 1.165) is 48.0 Å². The van der Waals surface area contributed by atoms with E-state index in [9.17, 15) is 9.59 Å². The van der Waals surface area contributed by atoms with Crippen LogP contribution in [0, 0.1) is 0 Å². The fraction of sp³-hybridized carbons (Fsp3) is 0.0476. The van der Waals surface area contributed by atoms with Gasteiger partial charge in [-0.3, -0.25) is 14.9 Å². The highest BCUT2D eigenvalue weighted by Crippen LogP contribution is 2.43. The first-order valence-corrected chi connectivity index (χ1v) is 9.35. The zero-order valence-electron chi connectivity index (χ0n) is 14.2. The predicted octanol–water partition coefficient (Wildman–Crippen LogP) is 4.61. The van der Waals surface area contributed by atoms with Gasteiger partial charge in [0.1, 0.15) is 0 Å². The maximum atomic E-state index is 12.8. The number of rotatable bonds is 0. The Balaban J connectivity index is 2.05. The van der Waals surface area contributed by atoms with Gasteiger partial charge in [0.25, 0.3) is 11.8 Å². The molecule has 130 valence electrons. The highest BCUT2D eigenvalue weighted by Gasteiger charge is 2.34. The number of imide groups is 1. The molecule has 5 aromatic rings. The lowest BCUT2D eigenvalue weighted by Crippen LogP contribution is -2.20. The van der Waals surface area contributed by atoms with Gasteiger partial charge in [0, 0.05) is 50.2 Å². The Hall–Kier alpha value is -3.12. The van der Waals surface area contributed by atoms with Crippen molar-refractivity contribution in [2.75, 3.05) is 0 Å². The van der Waals surface area contributed by atoms with Crippen LogP contribution in [0.1, 0.15) is 20.7 Å². The minimum absolute atomic E-state index is 0.336. The number of aryl methyl sites for hydroxylation is 1. The quantitative estimate of drug-likeness (QED) is 0.361. The Kier molecular flexibility index (Phi) is 2.65. The number of hydrogen-bond acceptors (Lipinski definition) is 2. The number of nitrogens with zero attached hydrogens (tertiary/aromatic N) is 1. The van der Waals surface area contributed by atoms with Crippen LogP contribution < -0.4 is 5.32 Å². The Morgan fingerprint density at radius 2 is 1.70 bits per heavy atom. The molecular formula is C21H12BrN3O2. The van der Waals surface area contributed by atoms with E-state index in [1.165, 1.54) is 0 Å². The summed E-state index contributed by atoms with van der Waals surface area (Å²) >= 11 is 3.61. The first kappa shape index (κ1) is 15.0. The molecule has 2 N–H and O–H groups in total. The van der Waals surface area contributed by atoms with Crippen LogP contribution in [0.2, 0.25) is 0 Å². The third kappa shape index (κ3) is 1.69. The molecule has 0 saturated heterocycles. The summed E-state index contributed by atoms with van der Waals surface area (Å²) in [6.45, 7) is 0. The molecule has 0 saturated carbocycles. The lowest BCUT2D eigenvalue weighted by molar-refractivity contribution is 0.0880. The molecule has 3 heterocycles. The van der Waals surface area contributed by atoms with Gasteiger partial charge >= 0.3 is 0 Å². The topological polar surface area (TPSA) is 66.9 Å². The average Bonchev–Trinajstić information content (AvgIpc) is 3.29. The number of aromatic nitrogens is 2. The van der Waals surface area contributed by atoms with Crippen molar-refractivity contribution in [2.45, 2.75) is 0 Å². The molecule has 1 aliphatic rings. The highest BCUT2D eigenvalue weighted by atomic mass is 79.9. The van der Waals surface area contributed by atoms with E-state index in [4.69, 9.17) is 0 Å². The van der Waals surface area contributed by atoms with Crippen LogP contribution in [0.4, 0.5) is 0 Å². The largest absolute Gasteiger partial charge is 0.354 e. The molecule has 6 rings (SSSR count). The van der Waals surface area contributed by atoms with Crippen molar-refractivity contribution in [2.24, 2.45) is 7.05 Å². The third-order valence-electron chi connectivity index (χ3n) is 5.51. The van der Waals surface area contributed by atoms with Crippen molar-refractivity contribution in [1.82, 2.24) is 14.9 Å². The summed E-state index contributed by atoms with van der Waals surface area (Å²) in [5.74, 6) is -0.679. The van der Waals surface area contributed by atoms with Crippen LogP contribution >= 0.6 is 15.9 Å². The van der Waals surface area contributed by atoms with Crippen LogP contribution in [0.3, 0.4) is 0 Å². The van der Waals surface area contributed by atoms with E-state index < -0.39 is 0 Å². The third-order valence-corrected chi connectivity index (χ3v) is 6.17. The molecule has 0 fully saturated rings. The second-order valence-electron chi connectivity index (χ2n) is 6.92. The van der Waals surface area contributed by atoms with Crippen LogP contribution in [-0.4, -0.2) is 21.4 Å². The minimum Gasteiger partial charge on any atom is -0.354 e. The van der Waals surface area contributed by atoms with E-state index in [-0.39, 0.29) is 11.8 Å². The van der Waals surface area contributed by atoms with Crippen molar-refractivity contribution >= 4 is 71.2 Å². The molecule has 2 aromatic heterocycles. The van der Waals surface area contributed by atoms with Gasteiger partial charge in [0.05, 0.1) is 22.2 Å². The molecule has 0 unspecified atom stereocenters. The van der Waals surface area contributed by atoms with E-state index in [1.54, 1.807) is 0 Å². The zero-order valence-corrected chi connectivity index (χ0v) is 15.8. The highest BCUT2D eigenvalue weighted by molar-refractivity contribution is 9.10. The molecule has 0 bridgehead atoms. The number of carbonyl (C=O) groups is 2. The monoisotopic (exact) mass is 417 g/mol. The van der Waals surface area contributed by atoms with Crippen LogP contribution in [0.25, 0.3) is 43.5 Å². The number of fused-ring (bicyclic) bond motifs is 10. The SMILES string of the molecule is Cn1ccc2ccc3c4[nH]c5cccc(Br)c5c4c4c(c3c21)C(=O)NC4=O. The molecule has 3 aromatic carbocycles. The molecule has 0 spiro atoms. The number of halogens is 1.